The topological polar surface area (TPSA) is 17.1 Å². The summed E-state index contributed by atoms with van der Waals surface area (Å²) >= 11 is 1.61. The molecule has 0 heterocycles. The normalized spacial score (nSPS) is 37.5. The second-order valence-electron chi connectivity index (χ2n) is 13.3. The number of hydrogen-bond donors (Lipinski definition) is 0. The quantitative estimate of drug-likeness (QED) is 0.245. The number of benzene rings is 1. The second kappa shape index (κ2) is 11.4. The van der Waals surface area contributed by atoms with Crippen molar-refractivity contribution >= 4 is 16.9 Å². The summed E-state index contributed by atoms with van der Waals surface area (Å²) in [6, 6.07) is 9.88. The third-order valence-electron chi connectivity index (χ3n) is 11.4. The second-order valence-corrected chi connectivity index (χ2v) is 14.5. The third-order valence-corrected chi connectivity index (χ3v) is 12.6. The van der Waals surface area contributed by atoms with Crippen LogP contribution < -0.4 is 0 Å². The number of hydrogen-bond acceptors (Lipinski definition) is 2. The van der Waals surface area contributed by atoms with Crippen LogP contribution in [0.2, 0.25) is 0 Å². The molecule has 1 aromatic carbocycles. The van der Waals surface area contributed by atoms with Crippen molar-refractivity contribution < 1.29 is 4.79 Å². The lowest BCUT2D eigenvalue weighted by Gasteiger charge is -2.58. The largest absolute Gasteiger partial charge is 0.282 e. The molecule has 198 valence electrons. The molecule has 0 spiro atoms. The van der Waals surface area contributed by atoms with E-state index in [9.17, 15) is 4.79 Å². The van der Waals surface area contributed by atoms with Gasteiger partial charge in [-0.2, -0.15) is 0 Å². The summed E-state index contributed by atoms with van der Waals surface area (Å²) < 4.78 is 0. The van der Waals surface area contributed by atoms with Crippen molar-refractivity contribution in [1.82, 2.24) is 0 Å². The summed E-state index contributed by atoms with van der Waals surface area (Å²) in [5.74, 6) is 3.70. The van der Waals surface area contributed by atoms with E-state index < -0.39 is 0 Å². The highest BCUT2D eigenvalue weighted by Gasteiger charge is 2.58. The zero-order valence-corrected chi connectivity index (χ0v) is 24.1. The molecule has 7 atom stereocenters. The zero-order valence-electron chi connectivity index (χ0n) is 23.3. The zero-order chi connectivity index (χ0) is 25.2. The number of unbranched alkanes of at least 4 members (excludes halogenated alkanes) is 5. The lowest BCUT2D eigenvalue weighted by molar-refractivity contribution is -0.0421. The number of rotatable bonds is 9. The Labute approximate surface area is 225 Å². The molecule has 0 unspecified atom stereocenters. The fourth-order valence-electron chi connectivity index (χ4n) is 9.28. The molecule has 0 aliphatic heterocycles. The van der Waals surface area contributed by atoms with Crippen LogP contribution in [-0.2, 0) is 0 Å². The van der Waals surface area contributed by atoms with Crippen LogP contribution in [-0.4, -0.2) is 10.4 Å². The van der Waals surface area contributed by atoms with E-state index >= 15 is 0 Å². The first-order valence-corrected chi connectivity index (χ1v) is 16.3. The molecule has 4 aliphatic rings. The molecule has 36 heavy (non-hydrogen) atoms. The lowest BCUT2D eigenvalue weighted by Crippen LogP contribution is -2.50. The van der Waals surface area contributed by atoms with Crippen molar-refractivity contribution in [3.8, 4) is 0 Å². The number of fused-ring (bicyclic) bond motifs is 5. The van der Waals surface area contributed by atoms with Gasteiger partial charge >= 0.3 is 0 Å². The minimum atomic E-state index is 0.259. The molecule has 0 bridgehead atoms. The van der Waals surface area contributed by atoms with Gasteiger partial charge in [-0.25, -0.2) is 0 Å². The van der Waals surface area contributed by atoms with Gasteiger partial charge in [-0.1, -0.05) is 113 Å². The third kappa shape index (κ3) is 5.14. The molecule has 1 nitrogen and oxygen atoms in total. The Balaban J connectivity index is 1.20. The molecule has 3 fully saturated rings. The van der Waals surface area contributed by atoms with Crippen molar-refractivity contribution in [3.63, 3.8) is 0 Å². The van der Waals surface area contributed by atoms with Crippen molar-refractivity contribution in [2.75, 3.05) is 0 Å². The maximum Gasteiger partial charge on any atom is 0.219 e. The van der Waals surface area contributed by atoms with Crippen LogP contribution in [0.15, 0.2) is 42.0 Å². The summed E-state index contributed by atoms with van der Waals surface area (Å²) in [4.78, 5) is 12.9. The Hall–Kier alpha value is -1.02. The highest BCUT2D eigenvalue weighted by Crippen LogP contribution is 2.67. The van der Waals surface area contributed by atoms with Gasteiger partial charge in [0.15, 0.2) is 0 Å². The molecule has 4 aliphatic carbocycles. The van der Waals surface area contributed by atoms with Gasteiger partial charge in [0, 0.05) is 10.8 Å². The molecule has 3 saturated carbocycles. The highest BCUT2D eigenvalue weighted by molar-refractivity contribution is 8.14. The standard InChI is InChI=1S/C34H50OS/c1-4-5-6-7-8-12-15-26-17-19-30-29-18-16-27-24-28(36-32(35)25-13-10-9-11-14-25)20-22-34(27,3)31(29)21-23-33(26,30)2/h9-11,13-14,16,26,28-31H,4-8,12,15,17-24H2,1-3H3/t26-,28+,29-,30-,31+,33-,34+/m1/s1. The Morgan fingerprint density at radius 1 is 0.917 bits per heavy atom. The lowest BCUT2D eigenvalue weighted by atomic mass is 9.47. The van der Waals surface area contributed by atoms with Crippen molar-refractivity contribution in [2.45, 2.75) is 122 Å². The van der Waals surface area contributed by atoms with Gasteiger partial charge in [-0.3, -0.25) is 4.79 Å². The summed E-state index contributed by atoms with van der Waals surface area (Å²) in [5, 5.41) is 0.713. The van der Waals surface area contributed by atoms with Crippen molar-refractivity contribution in [2.24, 2.45) is 34.5 Å². The Morgan fingerprint density at radius 3 is 2.50 bits per heavy atom. The molecule has 0 N–H and O–H groups in total. The average molecular weight is 507 g/mol. The van der Waals surface area contributed by atoms with E-state index in [1.54, 1.807) is 17.3 Å². The van der Waals surface area contributed by atoms with Gasteiger partial charge < -0.3 is 0 Å². The summed E-state index contributed by atoms with van der Waals surface area (Å²) in [5.41, 5.74) is 3.55. The Morgan fingerprint density at radius 2 is 1.69 bits per heavy atom. The molecular formula is C34H50OS. The van der Waals surface area contributed by atoms with Crippen LogP contribution in [0, 0.1) is 34.5 Å². The van der Waals surface area contributed by atoms with Crippen LogP contribution in [0.5, 0.6) is 0 Å². The van der Waals surface area contributed by atoms with Crippen LogP contribution in [0.3, 0.4) is 0 Å². The van der Waals surface area contributed by atoms with E-state index in [-0.39, 0.29) is 5.12 Å². The smallest absolute Gasteiger partial charge is 0.219 e. The molecule has 0 radical (unpaired) electrons. The first-order valence-electron chi connectivity index (χ1n) is 15.4. The van der Waals surface area contributed by atoms with Crippen LogP contribution in [0.1, 0.15) is 127 Å². The molecular weight excluding hydrogens is 456 g/mol. The average Bonchev–Trinajstić information content (AvgIpc) is 3.23. The minimum Gasteiger partial charge on any atom is -0.282 e. The molecule has 0 amide bonds. The summed E-state index contributed by atoms with van der Waals surface area (Å²) in [6.45, 7) is 7.63. The molecule has 5 rings (SSSR count). The van der Waals surface area contributed by atoms with Gasteiger partial charge in [0.1, 0.15) is 0 Å². The van der Waals surface area contributed by atoms with Crippen LogP contribution in [0.4, 0.5) is 0 Å². The van der Waals surface area contributed by atoms with Gasteiger partial charge in [-0.15, -0.1) is 0 Å². The number of thioether (sulfide) groups is 1. The van der Waals surface area contributed by atoms with E-state index in [1.165, 1.54) is 89.9 Å². The number of carbonyl (C=O) groups is 1. The maximum atomic E-state index is 12.9. The molecule has 1 aromatic rings. The first-order chi connectivity index (χ1) is 17.5. The SMILES string of the molecule is CCCCCCCC[C@@H]1CC[C@@H]2[C@H]3CC=C4C[C@@H](SC(=O)c5ccccc5)CC[C@]4(C)[C@H]3CC[C@]12C. The fraction of sp³-hybridized carbons (Fsp3) is 0.735. The van der Waals surface area contributed by atoms with Crippen molar-refractivity contribution in [3.05, 3.63) is 47.5 Å². The fourth-order valence-corrected chi connectivity index (χ4v) is 10.3. The van der Waals surface area contributed by atoms with E-state index in [2.05, 4.69) is 26.8 Å². The summed E-state index contributed by atoms with van der Waals surface area (Å²) in [7, 11) is 0. The van der Waals surface area contributed by atoms with E-state index in [0.717, 1.165) is 35.7 Å². The molecule has 0 aromatic heterocycles. The number of allylic oxidation sites excluding steroid dienone is 2. The molecule has 2 heteroatoms. The van der Waals surface area contributed by atoms with Crippen LogP contribution >= 0.6 is 11.8 Å². The van der Waals surface area contributed by atoms with E-state index in [1.807, 2.05) is 30.3 Å². The predicted molar refractivity (Wildman–Crippen MR) is 155 cm³/mol. The van der Waals surface area contributed by atoms with Gasteiger partial charge in [0.2, 0.25) is 5.12 Å². The van der Waals surface area contributed by atoms with Crippen LogP contribution in [0.25, 0.3) is 0 Å². The van der Waals surface area contributed by atoms with Gasteiger partial charge in [-0.05, 0) is 92.3 Å². The Kier molecular flexibility index (Phi) is 8.41. The van der Waals surface area contributed by atoms with Crippen molar-refractivity contribution in [1.29, 1.82) is 0 Å². The Bertz CT molecular complexity index is 920. The highest BCUT2D eigenvalue weighted by atomic mass is 32.2. The monoisotopic (exact) mass is 506 g/mol. The molecule has 0 saturated heterocycles. The minimum absolute atomic E-state index is 0.259. The first kappa shape index (κ1) is 26.6. The predicted octanol–water partition coefficient (Wildman–Crippen LogP) is 10.3. The van der Waals surface area contributed by atoms with Gasteiger partial charge in [0.25, 0.3) is 0 Å². The number of carbonyl (C=O) groups excluding carboxylic acids is 1. The van der Waals surface area contributed by atoms with Gasteiger partial charge in [0.05, 0.1) is 0 Å². The van der Waals surface area contributed by atoms with E-state index in [0.29, 0.717) is 16.1 Å². The van der Waals surface area contributed by atoms with E-state index in [4.69, 9.17) is 0 Å². The maximum absolute atomic E-state index is 12.9. The summed E-state index contributed by atoms with van der Waals surface area (Å²) in [6.07, 6.45) is 23.6.